The fourth-order valence-electron chi connectivity index (χ4n) is 1.95. The number of nitrogens with zero attached hydrogens (tertiary/aromatic N) is 2. The number of aromatic amines is 1. The van der Waals surface area contributed by atoms with Gasteiger partial charge in [0.15, 0.2) is 5.65 Å². The standard InChI is InChI=1S/C10H9N3O4/c14-9-6-4-17-2-1-7(6)12-8-5(10(15)16)3-11-13(8)9/h3,11H,1-2,4H2,(H,15,16). The van der Waals surface area contributed by atoms with E-state index in [1.807, 2.05) is 0 Å². The molecule has 0 spiro atoms. The highest BCUT2D eigenvalue weighted by Crippen LogP contribution is 2.14. The molecule has 2 aromatic heterocycles. The van der Waals surface area contributed by atoms with E-state index in [4.69, 9.17) is 9.84 Å². The van der Waals surface area contributed by atoms with Crippen LogP contribution in [-0.4, -0.2) is 32.3 Å². The Balaban J connectivity index is 2.38. The smallest absolute Gasteiger partial charge is 0.341 e. The van der Waals surface area contributed by atoms with Gasteiger partial charge < -0.3 is 9.84 Å². The Hall–Kier alpha value is -2.15. The summed E-state index contributed by atoms with van der Waals surface area (Å²) in [5.74, 6) is -1.11. The molecule has 0 saturated heterocycles. The van der Waals surface area contributed by atoms with Gasteiger partial charge in [0.1, 0.15) is 5.56 Å². The molecule has 0 aliphatic carbocycles. The van der Waals surface area contributed by atoms with E-state index in [0.29, 0.717) is 24.3 Å². The van der Waals surface area contributed by atoms with E-state index in [0.717, 1.165) is 4.52 Å². The van der Waals surface area contributed by atoms with Gasteiger partial charge >= 0.3 is 5.97 Å². The monoisotopic (exact) mass is 235 g/mol. The van der Waals surface area contributed by atoms with E-state index in [1.54, 1.807) is 0 Å². The molecular weight excluding hydrogens is 226 g/mol. The topological polar surface area (TPSA) is 96.7 Å². The number of carboxylic acid groups (broad SMARTS) is 1. The van der Waals surface area contributed by atoms with Crippen molar-refractivity contribution in [2.24, 2.45) is 0 Å². The molecule has 0 radical (unpaired) electrons. The molecule has 0 atom stereocenters. The lowest BCUT2D eigenvalue weighted by Crippen LogP contribution is -2.27. The van der Waals surface area contributed by atoms with E-state index >= 15 is 0 Å². The van der Waals surface area contributed by atoms with Gasteiger partial charge in [-0.25, -0.2) is 14.3 Å². The van der Waals surface area contributed by atoms with Crippen molar-refractivity contribution >= 4 is 11.6 Å². The molecule has 88 valence electrons. The second-order valence-electron chi connectivity index (χ2n) is 3.80. The van der Waals surface area contributed by atoms with Crippen LogP contribution in [0.15, 0.2) is 11.0 Å². The average molecular weight is 235 g/mol. The minimum Gasteiger partial charge on any atom is -0.477 e. The third kappa shape index (κ3) is 1.36. The van der Waals surface area contributed by atoms with Crippen LogP contribution in [0.2, 0.25) is 0 Å². The van der Waals surface area contributed by atoms with E-state index in [-0.39, 0.29) is 23.4 Å². The summed E-state index contributed by atoms with van der Waals surface area (Å²) in [4.78, 5) is 27.2. The predicted molar refractivity (Wildman–Crippen MR) is 56.1 cm³/mol. The zero-order chi connectivity index (χ0) is 12.0. The van der Waals surface area contributed by atoms with Crippen LogP contribution >= 0.6 is 0 Å². The lowest BCUT2D eigenvalue weighted by atomic mass is 10.1. The average Bonchev–Trinajstić information content (AvgIpc) is 2.73. The van der Waals surface area contributed by atoms with Crippen molar-refractivity contribution in [3.63, 3.8) is 0 Å². The molecule has 1 aliphatic rings. The number of aromatic carboxylic acids is 1. The molecule has 0 bridgehead atoms. The van der Waals surface area contributed by atoms with Crippen LogP contribution < -0.4 is 5.56 Å². The number of ether oxygens (including phenoxy) is 1. The third-order valence-corrected chi connectivity index (χ3v) is 2.80. The van der Waals surface area contributed by atoms with Crippen molar-refractivity contribution in [2.75, 3.05) is 6.61 Å². The first-order chi connectivity index (χ1) is 8.18. The summed E-state index contributed by atoms with van der Waals surface area (Å²) in [5, 5.41) is 11.6. The number of aromatic nitrogens is 3. The van der Waals surface area contributed by atoms with Crippen LogP contribution in [0.3, 0.4) is 0 Å². The number of fused-ring (bicyclic) bond motifs is 2. The number of hydrogen-bond donors (Lipinski definition) is 2. The summed E-state index contributed by atoms with van der Waals surface area (Å²) in [6, 6.07) is 0. The Kier molecular flexibility index (Phi) is 2.02. The van der Waals surface area contributed by atoms with Gasteiger partial charge in [-0.15, -0.1) is 0 Å². The molecule has 7 nitrogen and oxygen atoms in total. The first-order valence-electron chi connectivity index (χ1n) is 5.11. The minimum absolute atomic E-state index is 0.00334. The molecule has 3 heterocycles. The van der Waals surface area contributed by atoms with Gasteiger partial charge in [-0.05, 0) is 0 Å². The molecule has 1 aliphatic heterocycles. The maximum atomic E-state index is 12.0. The van der Waals surface area contributed by atoms with E-state index in [2.05, 4.69) is 10.1 Å². The van der Waals surface area contributed by atoms with Gasteiger partial charge in [0.25, 0.3) is 5.56 Å². The number of rotatable bonds is 1. The zero-order valence-corrected chi connectivity index (χ0v) is 8.77. The number of carbonyl (C=O) groups is 1. The maximum Gasteiger partial charge on any atom is 0.341 e. The van der Waals surface area contributed by atoms with E-state index in [1.165, 1.54) is 6.20 Å². The Labute approximate surface area is 94.6 Å². The van der Waals surface area contributed by atoms with Gasteiger partial charge in [0.05, 0.1) is 24.5 Å². The molecular formula is C10H9N3O4. The summed E-state index contributed by atoms with van der Waals surface area (Å²) in [6.07, 6.45) is 1.80. The second kappa shape index (κ2) is 3.42. The van der Waals surface area contributed by atoms with E-state index in [9.17, 15) is 9.59 Å². The summed E-state index contributed by atoms with van der Waals surface area (Å²) >= 11 is 0. The lowest BCUT2D eigenvalue weighted by molar-refractivity contribution is 0.0698. The molecule has 17 heavy (non-hydrogen) atoms. The van der Waals surface area contributed by atoms with E-state index < -0.39 is 5.97 Å². The summed E-state index contributed by atoms with van der Waals surface area (Å²) in [7, 11) is 0. The highest BCUT2D eigenvalue weighted by Gasteiger charge is 2.20. The molecule has 3 rings (SSSR count). The summed E-state index contributed by atoms with van der Waals surface area (Å²) < 4.78 is 6.33. The number of H-pyrrole nitrogens is 1. The number of nitrogens with one attached hydrogen (secondary N) is 1. The highest BCUT2D eigenvalue weighted by atomic mass is 16.5. The van der Waals surface area contributed by atoms with Gasteiger partial charge in [0.2, 0.25) is 0 Å². The van der Waals surface area contributed by atoms with Crippen molar-refractivity contribution < 1.29 is 14.6 Å². The van der Waals surface area contributed by atoms with Crippen LogP contribution in [-0.2, 0) is 17.8 Å². The Morgan fingerprint density at radius 1 is 1.59 bits per heavy atom. The molecule has 7 heteroatoms. The SMILES string of the molecule is O=C(O)c1c[nH]n2c(=O)c3c(nc12)CCOC3. The minimum atomic E-state index is -1.11. The Bertz CT molecular complexity index is 670. The van der Waals surface area contributed by atoms with Crippen molar-refractivity contribution in [3.05, 3.63) is 33.4 Å². The van der Waals surface area contributed by atoms with Crippen LogP contribution in [0, 0.1) is 0 Å². The Morgan fingerprint density at radius 2 is 2.41 bits per heavy atom. The lowest BCUT2D eigenvalue weighted by Gasteiger charge is -2.14. The van der Waals surface area contributed by atoms with Gasteiger partial charge in [-0.2, -0.15) is 0 Å². The fraction of sp³-hybridized carbons (Fsp3) is 0.300. The summed E-state index contributed by atoms with van der Waals surface area (Å²) in [5.41, 5.74) is 0.979. The largest absolute Gasteiger partial charge is 0.477 e. The van der Waals surface area contributed by atoms with Crippen LogP contribution in [0.25, 0.3) is 5.65 Å². The zero-order valence-electron chi connectivity index (χ0n) is 8.77. The van der Waals surface area contributed by atoms with Gasteiger partial charge in [0, 0.05) is 12.6 Å². The molecule has 0 saturated carbocycles. The third-order valence-electron chi connectivity index (χ3n) is 2.80. The molecule has 0 aromatic carbocycles. The second-order valence-corrected chi connectivity index (χ2v) is 3.80. The summed E-state index contributed by atoms with van der Waals surface area (Å²) in [6.45, 7) is 0.730. The first kappa shape index (κ1) is 10.0. The quantitative estimate of drug-likeness (QED) is 0.713. The number of carboxylic acids is 1. The van der Waals surface area contributed by atoms with Crippen LogP contribution in [0.4, 0.5) is 0 Å². The van der Waals surface area contributed by atoms with Crippen molar-refractivity contribution in [2.45, 2.75) is 13.0 Å². The molecule has 0 amide bonds. The van der Waals surface area contributed by atoms with Gasteiger partial charge in [-0.1, -0.05) is 0 Å². The molecule has 0 fully saturated rings. The maximum absolute atomic E-state index is 12.0. The number of hydrogen-bond acceptors (Lipinski definition) is 4. The predicted octanol–water partition coefficient (Wildman–Crippen LogP) is -0.206. The normalized spacial score (nSPS) is 14.8. The molecule has 0 unspecified atom stereocenters. The van der Waals surface area contributed by atoms with Crippen molar-refractivity contribution in [1.82, 2.24) is 14.6 Å². The molecule has 2 aromatic rings. The van der Waals surface area contributed by atoms with Crippen LogP contribution in [0.1, 0.15) is 21.6 Å². The fourth-order valence-corrected chi connectivity index (χ4v) is 1.95. The van der Waals surface area contributed by atoms with Crippen LogP contribution in [0.5, 0.6) is 0 Å². The molecule has 2 N–H and O–H groups in total. The van der Waals surface area contributed by atoms with Crippen molar-refractivity contribution in [1.29, 1.82) is 0 Å². The van der Waals surface area contributed by atoms with Gasteiger partial charge in [-0.3, -0.25) is 9.89 Å². The first-order valence-corrected chi connectivity index (χ1v) is 5.11. The highest BCUT2D eigenvalue weighted by molar-refractivity contribution is 5.94. The van der Waals surface area contributed by atoms with Crippen molar-refractivity contribution in [3.8, 4) is 0 Å². The Morgan fingerprint density at radius 3 is 3.18 bits per heavy atom.